The zero-order chi connectivity index (χ0) is 12.0. The van der Waals surface area contributed by atoms with Crippen molar-refractivity contribution in [2.75, 3.05) is 13.2 Å². The Bertz CT molecular complexity index is 310. The van der Waals surface area contributed by atoms with Gasteiger partial charge in [-0.3, -0.25) is 9.78 Å². The van der Waals surface area contributed by atoms with Crippen LogP contribution in [-0.2, 0) is 0 Å². The Hall–Kier alpha value is -0.940. The number of aromatic nitrogens is 1. The smallest absolute Gasteiger partial charge is 0.265 e. The average molecular weight is 242 g/mol. The highest BCUT2D eigenvalue weighted by molar-refractivity contribution is 7.11. The van der Waals surface area contributed by atoms with E-state index in [0.29, 0.717) is 11.4 Å². The van der Waals surface area contributed by atoms with E-state index < -0.39 is 0 Å². The minimum Gasteiger partial charge on any atom is -0.395 e. The van der Waals surface area contributed by atoms with Crippen LogP contribution in [0.2, 0.25) is 0 Å². The van der Waals surface area contributed by atoms with Crippen LogP contribution in [-0.4, -0.2) is 40.1 Å². The summed E-state index contributed by atoms with van der Waals surface area (Å²) in [7, 11) is 0. The van der Waals surface area contributed by atoms with Gasteiger partial charge in [0.1, 0.15) is 4.88 Å². The van der Waals surface area contributed by atoms with Crippen LogP contribution >= 0.6 is 11.3 Å². The molecule has 1 heterocycles. The van der Waals surface area contributed by atoms with Gasteiger partial charge in [0.15, 0.2) is 0 Å². The van der Waals surface area contributed by atoms with E-state index in [9.17, 15) is 4.79 Å². The van der Waals surface area contributed by atoms with Gasteiger partial charge in [-0.1, -0.05) is 13.8 Å². The van der Waals surface area contributed by atoms with Crippen LogP contribution < -0.4 is 0 Å². The molecule has 0 unspecified atom stereocenters. The highest BCUT2D eigenvalue weighted by Crippen LogP contribution is 2.15. The van der Waals surface area contributed by atoms with Crippen LogP contribution in [0.1, 0.15) is 36.4 Å². The quantitative estimate of drug-likeness (QED) is 0.827. The zero-order valence-electron chi connectivity index (χ0n) is 9.72. The Morgan fingerprint density at radius 3 is 2.69 bits per heavy atom. The molecule has 0 radical (unpaired) electrons. The lowest BCUT2D eigenvalue weighted by Gasteiger charge is -2.29. The molecular weight excluding hydrogens is 224 g/mol. The molecule has 0 atom stereocenters. The summed E-state index contributed by atoms with van der Waals surface area (Å²) in [6.45, 7) is 4.50. The molecular formula is C11H18N2O2S. The lowest BCUT2D eigenvalue weighted by molar-refractivity contribution is 0.0627. The molecule has 16 heavy (non-hydrogen) atoms. The minimum absolute atomic E-state index is 0.00104. The molecule has 1 aromatic rings. The molecule has 0 saturated heterocycles. The van der Waals surface area contributed by atoms with E-state index in [1.54, 1.807) is 16.6 Å². The molecule has 0 bridgehead atoms. The maximum absolute atomic E-state index is 12.1. The molecule has 0 aliphatic rings. The summed E-state index contributed by atoms with van der Waals surface area (Å²) in [6, 6.07) is 0.196. The van der Waals surface area contributed by atoms with Gasteiger partial charge in [0, 0.05) is 12.6 Å². The predicted molar refractivity (Wildman–Crippen MR) is 64.6 cm³/mol. The molecule has 5 heteroatoms. The Morgan fingerprint density at radius 2 is 2.25 bits per heavy atom. The normalized spacial score (nSPS) is 10.8. The van der Waals surface area contributed by atoms with Crippen molar-refractivity contribution in [2.45, 2.75) is 32.7 Å². The van der Waals surface area contributed by atoms with Gasteiger partial charge in [0.2, 0.25) is 0 Å². The lowest BCUT2D eigenvalue weighted by Crippen LogP contribution is -2.41. The summed E-state index contributed by atoms with van der Waals surface area (Å²) < 4.78 is 0. The summed E-state index contributed by atoms with van der Waals surface area (Å²) in [4.78, 5) is 18.4. The van der Waals surface area contributed by atoms with Gasteiger partial charge in [0.05, 0.1) is 18.3 Å². The number of carbonyl (C=O) groups excluding carboxylic acids is 1. The van der Waals surface area contributed by atoms with Gasteiger partial charge >= 0.3 is 0 Å². The molecule has 0 saturated carbocycles. The molecule has 1 rings (SSSR count). The first-order valence-corrected chi connectivity index (χ1v) is 6.42. The van der Waals surface area contributed by atoms with E-state index in [1.165, 1.54) is 11.3 Å². The van der Waals surface area contributed by atoms with Crippen molar-refractivity contribution in [3.8, 4) is 0 Å². The maximum atomic E-state index is 12.1. The molecule has 1 aromatic heterocycles. The summed E-state index contributed by atoms with van der Waals surface area (Å²) in [5, 5.41) is 9.02. The van der Waals surface area contributed by atoms with Crippen molar-refractivity contribution in [2.24, 2.45) is 0 Å². The Morgan fingerprint density at radius 1 is 1.56 bits per heavy atom. The molecule has 1 amide bonds. The number of aliphatic hydroxyl groups excluding tert-OH is 1. The fourth-order valence-corrected chi connectivity index (χ4v) is 2.33. The number of nitrogens with zero attached hydrogens (tertiary/aromatic N) is 2. The third kappa shape index (κ3) is 3.02. The van der Waals surface area contributed by atoms with E-state index in [2.05, 4.69) is 18.8 Å². The summed E-state index contributed by atoms with van der Waals surface area (Å²) in [5.41, 5.74) is 1.65. The second-order valence-corrected chi connectivity index (χ2v) is 4.44. The summed E-state index contributed by atoms with van der Waals surface area (Å²) in [6.07, 6.45) is 3.39. The maximum Gasteiger partial charge on any atom is 0.265 e. The van der Waals surface area contributed by atoms with E-state index in [1.807, 2.05) is 0 Å². The number of hydrogen-bond acceptors (Lipinski definition) is 4. The fraction of sp³-hybridized carbons (Fsp3) is 0.636. The van der Waals surface area contributed by atoms with Crippen LogP contribution in [0.4, 0.5) is 0 Å². The minimum atomic E-state index is -0.0229. The van der Waals surface area contributed by atoms with Gasteiger partial charge in [-0.25, -0.2) is 0 Å². The van der Waals surface area contributed by atoms with Crippen LogP contribution in [0, 0.1) is 0 Å². The van der Waals surface area contributed by atoms with Crippen LogP contribution in [0.15, 0.2) is 11.7 Å². The van der Waals surface area contributed by atoms with Crippen LogP contribution in [0.25, 0.3) is 0 Å². The van der Waals surface area contributed by atoms with Crippen molar-refractivity contribution < 1.29 is 9.90 Å². The van der Waals surface area contributed by atoms with Crippen LogP contribution in [0.3, 0.4) is 0 Å². The Balaban J connectivity index is 2.80. The molecule has 4 nitrogen and oxygen atoms in total. The van der Waals surface area contributed by atoms with Crippen molar-refractivity contribution >= 4 is 17.2 Å². The first-order chi connectivity index (χ1) is 7.74. The van der Waals surface area contributed by atoms with Gasteiger partial charge in [-0.05, 0) is 12.8 Å². The van der Waals surface area contributed by atoms with Crippen LogP contribution in [0.5, 0.6) is 0 Å². The van der Waals surface area contributed by atoms with E-state index in [0.717, 1.165) is 12.8 Å². The molecule has 90 valence electrons. The predicted octanol–water partition coefficient (Wildman–Crippen LogP) is 1.77. The summed E-state index contributed by atoms with van der Waals surface area (Å²) >= 11 is 1.34. The number of hydrogen-bond donors (Lipinski definition) is 1. The van der Waals surface area contributed by atoms with Crippen molar-refractivity contribution in [3.05, 3.63) is 16.6 Å². The third-order valence-electron chi connectivity index (χ3n) is 2.63. The topological polar surface area (TPSA) is 53.4 Å². The lowest BCUT2D eigenvalue weighted by atomic mass is 10.1. The second kappa shape index (κ2) is 6.60. The molecule has 0 aliphatic heterocycles. The van der Waals surface area contributed by atoms with E-state index >= 15 is 0 Å². The second-order valence-electron chi connectivity index (χ2n) is 3.56. The highest BCUT2D eigenvalue weighted by atomic mass is 32.1. The number of aliphatic hydroxyl groups is 1. The highest BCUT2D eigenvalue weighted by Gasteiger charge is 2.22. The molecule has 0 aliphatic carbocycles. The fourth-order valence-electron chi connectivity index (χ4n) is 1.75. The third-order valence-corrected chi connectivity index (χ3v) is 3.39. The molecule has 0 fully saturated rings. The Kier molecular flexibility index (Phi) is 5.42. The van der Waals surface area contributed by atoms with Crippen molar-refractivity contribution in [1.82, 2.24) is 9.88 Å². The van der Waals surface area contributed by atoms with Gasteiger partial charge in [0.25, 0.3) is 5.91 Å². The number of carbonyl (C=O) groups is 1. The first-order valence-electron chi connectivity index (χ1n) is 5.54. The standard InChI is InChI=1S/C11H18N2O2S/c1-3-9(4-2)13(5-6-14)11(15)10-7-12-8-16-10/h7-9,14H,3-6H2,1-2H3. The zero-order valence-corrected chi connectivity index (χ0v) is 10.5. The molecule has 0 aromatic carbocycles. The SMILES string of the molecule is CCC(CC)N(CCO)C(=O)c1cncs1. The van der Waals surface area contributed by atoms with E-state index in [4.69, 9.17) is 5.11 Å². The van der Waals surface area contributed by atoms with Gasteiger partial charge in [-0.2, -0.15) is 0 Å². The largest absolute Gasteiger partial charge is 0.395 e. The first kappa shape index (κ1) is 13.1. The average Bonchev–Trinajstić information content (AvgIpc) is 2.82. The van der Waals surface area contributed by atoms with Crippen molar-refractivity contribution in [1.29, 1.82) is 0 Å². The molecule has 1 N–H and O–H groups in total. The number of thiazole rings is 1. The summed E-state index contributed by atoms with van der Waals surface area (Å²) in [5.74, 6) is -0.0229. The monoisotopic (exact) mass is 242 g/mol. The van der Waals surface area contributed by atoms with E-state index in [-0.39, 0.29) is 18.6 Å². The number of rotatable bonds is 6. The van der Waals surface area contributed by atoms with Gasteiger partial charge < -0.3 is 10.0 Å². The Labute approximate surface area is 99.9 Å². The molecule has 0 spiro atoms. The van der Waals surface area contributed by atoms with Gasteiger partial charge in [-0.15, -0.1) is 11.3 Å². The number of amides is 1. The van der Waals surface area contributed by atoms with Crippen molar-refractivity contribution in [3.63, 3.8) is 0 Å².